The van der Waals surface area contributed by atoms with E-state index in [0.29, 0.717) is 26.3 Å². The average Bonchev–Trinajstić information content (AvgIpc) is 2.19. The SMILES string of the molecule is O=C(CC(=O)N1CCOCC1)C(Cl)Cl. The second-order valence-electron chi connectivity index (χ2n) is 2.94. The van der Waals surface area contributed by atoms with Crippen LogP contribution in [0.2, 0.25) is 0 Å². The number of carbonyl (C=O) groups is 2. The summed E-state index contributed by atoms with van der Waals surface area (Å²) in [5, 5.41) is 0. The molecule has 14 heavy (non-hydrogen) atoms. The van der Waals surface area contributed by atoms with Gasteiger partial charge >= 0.3 is 0 Å². The van der Waals surface area contributed by atoms with Crippen molar-refractivity contribution >= 4 is 34.9 Å². The first-order valence-electron chi connectivity index (χ1n) is 4.27. The molecule has 80 valence electrons. The lowest BCUT2D eigenvalue weighted by Crippen LogP contribution is -2.41. The van der Waals surface area contributed by atoms with Crippen molar-refractivity contribution in [1.82, 2.24) is 4.90 Å². The summed E-state index contributed by atoms with van der Waals surface area (Å²) in [4.78, 5) is 23.0. The summed E-state index contributed by atoms with van der Waals surface area (Å²) >= 11 is 10.7. The second kappa shape index (κ2) is 5.53. The molecule has 1 fully saturated rings. The van der Waals surface area contributed by atoms with Crippen LogP contribution < -0.4 is 0 Å². The summed E-state index contributed by atoms with van der Waals surface area (Å²) in [6.07, 6.45) is -0.225. The van der Waals surface area contributed by atoms with Gasteiger partial charge in [0, 0.05) is 13.1 Å². The predicted octanol–water partition coefficient (Wildman–Crippen LogP) is 0.608. The Balaban J connectivity index is 2.37. The highest BCUT2D eigenvalue weighted by atomic mass is 35.5. The molecule has 1 heterocycles. The number of alkyl halides is 2. The van der Waals surface area contributed by atoms with E-state index < -0.39 is 10.6 Å². The molecule has 0 aromatic carbocycles. The molecule has 0 radical (unpaired) electrons. The number of Topliss-reactive ketones (excluding diaryl/α,β-unsaturated/α-hetero) is 1. The minimum absolute atomic E-state index is 0.225. The molecular weight excluding hydrogens is 229 g/mol. The highest BCUT2D eigenvalue weighted by Gasteiger charge is 2.22. The van der Waals surface area contributed by atoms with Gasteiger partial charge in [0.1, 0.15) is 0 Å². The maximum Gasteiger partial charge on any atom is 0.230 e. The molecule has 1 saturated heterocycles. The summed E-state index contributed by atoms with van der Waals surface area (Å²) < 4.78 is 5.07. The Morgan fingerprint density at radius 3 is 2.36 bits per heavy atom. The molecule has 1 aliphatic rings. The van der Waals surface area contributed by atoms with Gasteiger partial charge < -0.3 is 9.64 Å². The molecule has 0 N–H and O–H groups in total. The minimum atomic E-state index is -1.11. The van der Waals surface area contributed by atoms with Crippen molar-refractivity contribution in [3.63, 3.8) is 0 Å². The summed E-state index contributed by atoms with van der Waals surface area (Å²) in [6.45, 7) is 2.10. The van der Waals surface area contributed by atoms with Crippen LogP contribution in [0.15, 0.2) is 0 Å². The van der Waals surface area contributed by atoms with E-state index >= 15 is 0 Å². The van der Waals surface area contributed by atoms with Gasteiger partial charge in [0.2, 0.25) is 5.91 Å². The Morgan fingerprint density at radius 1 is 1.29 bits per heavy atom. The Morgan fingerprint density at radius 2 is 1.86 bits per heavy atom. The molecule has 0 atom stereocenters. The standard InChI is InChI=1S/C8H11Cl2NO3/c9-8(10)6(12)5-7(13)11-1-3-14-4-2-11/h8H,1-5H2. The van der Waals surface area contributed by atoms with Crippen molar-refractivity contribution in [2.24, 2.45) is 0 Å². The van der Waals surface area contributed by atoms with Gasteiger partial charge in [0.15, 0.2) is 10.6 Å². The van der Waals surface area contributed by atoms with Gasteiger partial charge in [0.25, 0.3) is 0 Å². The van der Waals surface area contributed by atoms with E-state index in [0.717, 1.165) is 0 Å². The molecule has 1 rings (SSSR count). The van der Waals surface area contributed by atoms with Crippen molar-refractivity contribution < 1.29 is 14.3 Å². The number of ketones is 1. The smallest absolute Gasteiger partial charge is 0.230 e. The number of ether oxygens (including phenoxy) is 1. The fraction of sp³-hybridized carbons (Fsp3) is 0.750. The van der Waals surface area contributed by atoms with Gasteiger partial charge in [-0.05, 0) is 0 Å². The molecule has 1 aliphatic heterocycles. The molecule has 0 bridgehead atoms. The fourth-order valence-electron chi connectivity index (χ4n) is 1.15. The lowest BCUT2D eigenvalue weighted by Gasteiger charge is -2.26. The van der Waals surface area contributed by atoms with Crippen LogP contribution in [0.25, 0.3) is 0 Å². The number of hydrogen-bond acceptors (Lipinski definition) is 3. The lowest BCUT2D eigenvalue weighted by molar-refractivity contribution is -0.138. The quantitative estimate of drug-likeness (QED) is 0.536. The van der Waals surface area contributed by atoms with Crippen molar-refractivity contribution in [3.05, 3.63) is 0 Å². The maximum absolute atomic E-state index is 11.4. The van der Waals surface area contributed by atoms with Crippen LogP contribution >= 0.6 is 23.2 Å². The molecule has 4 nitrogen and oxygen atoms in total. The van der Waals surface area contributed by atoms with Crippen LogP contribution in [0, 0.1) is 0 Å². The van der Waals surface area contributed by atoms with Crippen LogP contribution in [-0.2, 0) is 14.3 Å². The number of morpholine rings is 1. The van der Waals surface area contributed by atoms with Gasteiger partial charge in [-0.25, -0.2) is 0 Å². The zero-order chi connectivity index (χ0) is 10.6. The lowest BCUT2D eigenvalue weighted by atomic mass is 10.2. The molecule has 0 aromatic rings. The van der Waals surface area contributed by atoms with Crippen molar-refractivity contribution in [2.45, 2.75) is 11.3 Å². The van der Waals surface area contributed by atoms with E-state index in [1.54, 1.807) is 4.90 Å². The summed E-state index contributed by atoms with van der Waals surface area (Å²) in [5.41, 5.74) is 0. The number of amides is 1. The first kappa shape index (κ1) is 11.8. The van der Waals surface area contributed by atoms with Crippen molar-refractivity contribution in [3.8, 4) is 0 Å². The molecule has 0 aromatic heterocycles. The van der Waals surface area contributed by atoms with Crippen LogP contribution in [-0.4, -0.2) is 47.7 Å². The van der Waals surface area contributed by atoms with E-state index in [1.165, 1.54) is 0 Å². The van der Waals surface area contributed by atoms with E-state index in [9.17, 15) is 9.59 Å². The van der Waals surface area contributed by atoms with Gasteiger partial charge in [0.05, 0.1) is 19.6 Å². The zero-order valence-electron chi connectivity index (χ0n) is 7.54. The molecule has 0 unspecified atom stereocenters. The number of rotatable bonds is 3. The number of nitrogens with zero attached hydrogens (tertiary/aromatic N) is 1. The largest absolute Gasteiger partial charge is 0.378 e. The first-order valence-corrected chi connectivity index (χ1v) is 5.15. The van der Waals surface area contributed by atoms with Gasteiger partial charge in [-0.15, -0.1) is 0 Å². The van der Waals surface area contributed by atoms with E-state index in [4.69, 9.17) is 27.9 Å². The molecule has 0 spiro atoms. The third-order valence-electron chi connectivity index (χ3n) is 1.93. The zero-order valence-corrected chi connectivity index (χ0v) is 9.05. The fourth-order valence-corrected chi connectivity index (χ4v) is 1.31. The predicted molar refractivity (Wildman–Crippen MR) is 52.5 cm³/mol. The Labute approximate surface area is 92.1 Å². The van der Waals surface area contributed by atoms with Crippen LogP contribution in [0.3, 0.4) is 0 Å². The van der Waals surface area contributed by atoms with Gasteiger partial charge in [-0.2, -0.15) is 0 Å². The molecular formula is C8H11Cl2NO3. The highest BCUT2D eigenvalue weighted by molar-refractivity contribution is 6.54. The third kappa shape index (κ3) is 3.44. The van der Waals surface area contributed by atoms with E-state index in [2.05, 4.69) is 0 Å². The second-order valence-corrected chi connectivity index (χ2v) is 4.03. The van der Waals surface area contributed by atoms with Crippen molar-refractivity contribution in [2.75, 3.05) is 26.3 Å². The van der Waals surface area contributed by atoms with Crippen LogP contribution in [0.4, 0.5) is 0 Å². The van der Waals surface area contributed by atoms with E-state index in [-0.39, 0.29) is 12.3 Å². The molecule has 6 heteroatoms. The average molecular weight is 240 g/mol. The third-order valence-corrected chi connectivity index (χ3v) is 2.42. The number of carbonyl (C=O) groups excluding carboxylic acids is 2. The minimum Gasteiger partial charge on any atom is -0.378 e. The summed E-state index contributed by atoms with van der Waals surface area (Å²) in [5.74, 6) is -0.686. The Kier molecular flexibility index (Phi) is 4.65. The molecule has 0 aliphatic carbocycles. The Hall–Kier alpha value is -0.320. The topological polar surface area (TPSA) is 46.6 Å². The maximum atomic E-state index is 11.4. The van der Waals surface area contributed by atoms with Crippen LogP contribution in [0.5, 0.6) is 0 Å². The highest BCUT2D eigenvalue weighted by Crippen LogP contribution is 2.08. The van der Waals surface area contributed by atoms with Gasteiger partial charge in [-0.1, -0.05) is 23.2 Å². The monoisotopic (exact) mass is 239 g/mol. The van der Waals surface area contributed by atoms with Gasteiger partial charge in [-0.3, -0.25) is 9.59 Å². The van der Waals surface area contributed by atoms with Crippen molar-refractivity contribution in [1.29, 1.82) is 0 Å². The number of hydrogen-bond donors (Lipinski definition) is 0. The molecule has 0 saturated carbocycles. The summed E-state index contributed by atoms with van der Waals surface area (Å²) in [6, 6.07) is 0. The number of halogens is 2. The van der Waals surface area contributed by atoms with Crippen LogP contribution in [0.1, 0.15) is 6.42 Å². The molecule has 1 amide bonds. The first-order chi connectivity index (χ1) is 6.61. The summed E-state index contributed by atoms with van der Waals surface area (Å²) in [7, 11) is 0. The van der Waals surface area contributed by atoms with E-state index in [1.807, 2.05) is 0 Å². The normalized spacial score (nSPS) is 17.2. The Bertz CT molecular complexity index is 227.